The van der Waals surface area contributed by atoms with E-state index in [1.54, 1.807) is 10.5 Å². The maximum Gasteiger partial charge on any atom is 0.209 e. The minimum atomic E-state index is -3.33. The van der Waals surface area contributed by atoms with Gasteiger partial charge in [0.1, 0.15) is 6.07 Å². The summed E-state index contributed by atoms with van der Waals surface area (Å²) in [7, 11) is -3.33. The summed E-state index contributed by atoms with van der Waals surface area (Å²) in [6.07, 6.45) is 1.12. The third kappa shape index (κ3) is 2.78. The van der Waals surface area contributed by atoms with Gasteiger partial charge >= 0.3 is 0 Å². The first-order chi connectivity index (χ1) is 12.9. The van der Waals surface area contributed by atoms with Gasteiger partial charge in [0, 0.05) is 11.8 Å². The lowest BCUT2D eigenvalue weighted by atomic mass is 10.1. The molecule has 5 nitrogen and oxygen atoms in total. The molecule has 0 atom stereocenters. The van der Waals surface area contributed by atoms with E-state index in [0.717, 1.165) is 17.2 Å². The summed E-state index contributed by atoms with van der Waals surface area (Å²) in [6, 6.07) is 20.9. The Labute approximate surface area is 156 Å². The maximum atomic E-state index is 13.1. The van der Waals surface area contributed by atoms with Crippen LogP contribution in [0.1, 0.15) is 21.6 Å². The van der Waals surface area contributed by atoms with Crippen molar-refractivity contribution in [2.24, 2.45) is 0 Å². The highest BCUT2D eigenvalue weighted by Gasteiger charge is 2.19. The zero-order chi connectivity index (χ0) is 19.2. The second-order valence-electron chi connectivity index (χ2n) is 6.29. The van der Waals surface area contributed by atoms with Crippen molar-refractivity contribution in [2.45, 2.75) is 4.90 Å². The highest BCUT2D eigenvalue weighted by Crippen LogP contribution is 2.25. The summed E-state index contributed by atoms with van der Waals surface area (Å²) in [5.41, 5.74) is 2.63. The molecule has 0 aliphatic heterocycles. The SMILES string of the molecule is CS(=O)(=O)c1ccc(C(=O)c2cc(C#N)c3ccc4ccccc4n23)cc1. The fourth-order valence-corrected chi connectivity index (χ4v) is 3.84. The maximum absolute atomic E-state index is 13.1. The molecule has 6 heteroatoms. The number of nitrogens with zero attached hydrogens (tertiary/aromatic N) is 2. The van der Waals surface area contributed by atoms with Crippen LogP contribution in [0.2, 0.25) is 0 Å². The van der Waals surface area contributed by atoms with Crippen molar-refractivity contribution in [1.82, 2.24) is 4.40 Å². The van der Waals surface area contributed by atoms with Crippen molar-refractivity contribution >= 4 is 32.0 Å². The molecule has 0 bridgehead atoms. The number of para-hydroxylation sites is 1. The summed E-state index contributed by atoms with van der Waals surface area (Å²) in [5, 5.41) is 10.4. The van der Waals surface area contributed by atoms with Gasteiger partial charge in [0.2, 0.25) is 5.78 Å². The number of sulfone groups is 1. The van der Waals surface area contributed by atoms with Crippen molar-refractivity contribution in [2.75, 3.05) is 6.26 Å². The summed E-state index contributed by atoms with van der Waals surface area (Å²) in [5.74, 6) is -0.275. The van der Waals surface area contributed by atoms with E-state index in [1.165, 1.54) is 24.3 Å². The van der Waals surface area contributed by atoms with Gasteiger partial charge in [-0.1, -0.05) is 24.3 Å². The molecule has 0 saturated heterocycles. The Hall–Kier alpha value is -3.43. The fraction of sp³-hybridized carbons (Fsp3) is 0.0476. The Morgan fingerprint density at radius 2 is 1.67 bits per heavy atom. The van der Waals surface area contributed by atoms with Gasteiger partial charge in [0.05, 0.1) is 27.2 Å². The van der Waals surface area contributed by atoms with E-state index in [1.807, 2.05) is 36.4 Å². The standard InChI is InChI=1S/C21H14N2O3S/c1-27(25,26)17-9-6-15(7-10-17)21(24)20-12-16(13-22)19-11-8-14-4-2-3-5-18(14)23(19)20/h2-12H,1H3. The topological polar surface area (TPSA) is 79.4 Å². The van der Waals surface area contributed by atoms with E-state index in [0.29, 0.717) is 22.3 Å². The van der Waals surface area contributed by atoms with E-state index in [9.17, 15) is 18.5 Å². The number of aromatic nitrogens is 1. The van der Waals surface area contributed by atoms with Crippen LogP contribution in [0, 0.1) is 11.3 Å². The quantitative estimate of drug-likeness (QED) is 0.513. The number of pyridine rings is 1. The highest BCUT2D eigenvalue weighted by molar-refractivity contribution is 7.90. The van der Waals surface area contributed by atoms with E-state index in [-0.39, 0.29) is 10.7 Å². The number of hydrogen-bond acceptors (Lipinski definition) is 4. The first-order valence-electron chi connectivity index (χ1n) is 8.18. The molecule has 2 heterocycles. The molecule has 0 spiro atoms. The number of fused-ring (bicyclic) bond motifs is 3. The number of ketones is 1. The molecule has 0 radical (unpaired) electrons. The lowest BCUT2D eigenvalue weighted by Crippen LogP contribution is -2.06. The Morgan fingerprint density at radius 1 is 0.963 bits per heavy atom. The number of nitriles is 1. The molecule has 2 aromatic heterocycles. The molecule has 0 amide bonds. The van der Waals surface area contributed by atoms with Crippen molar-refractivity contribution in [1.29, 1.82) is 5.26 Å². The van der Waals surface area contributed by atoms with E-state index < -0.39 is 9.84 Å². The number of carbonyl (C=O) groups excluding carboxylic acids is 1. The second-order valence-corrected chi connectivity index (χ2v) is 8.31. The molecule has 4 rings (SSSR count). The minimum Gasteiger partial charge on any atom is -0.305 e. The van der Waals surface area contributed by atoms with Gasteiger partial charge in [-0.05, 0) is 47.9 Å². The zero-order valence-electron chi connectivity index (χ0n) is 14.4. The van der Waals surface area contributed by atoms with E-state index >= 15 is 0 Å². The molecule has 0 N–H and O–H groups in total. The minimum absolute atomic E-state index is 0.155. The summed E-state index contributed by atoms with van der Waals surface area (Å²) < 4.78 is 25.0. The third-order valence-electron chi connectivity index (χ3n) is 4.53. The van der Waals surface area contributed by atoms with Crippen LogP contribution in [-0.2, 0) is 9.84 Å². The Kier molecular flexibility index (Phi) is 3.83. The van der Waals surface area contributed by atoms with Gasteiger partial charge in [-0.25, -0.2) is 8.42 Å². The Bertz CT molecular complexity index is 1360. The third-order valence-corrected chi connectivity index (χ3v) is 5.66. The Morgan fingerprint density at radius 3 is 2.33 bits per heavy atom. The smallest absolute Gasteiger partial charge is 0.209 e. The van der Waals surface area contributed by atoms with Crippen LogP contribution in [0.25, 0.3) is 16.4 Å². The molecule has 0 aliphatic carbocycles. The van der Waals surface area contributed by atoms with Gasteiger partial charge in [-0.2, -0.15) is 5.26 Å². The second kappa shape index (κ2) is 6.08. The van der Waals surface area contributed by atoms with Gasteiger partial charge in [0.25, 0.3) is 0 Å². The summed E-state index contributed by atoms with van der Waals surface area (Å²) in [6.45, 7) is 0. The number of hydrogen-bond donors (Lipinski definition) is 0. The first-order valence-corrected chi connectivity index (χ1v) is 10.1. The monoisotopic (exact) mass is 374 g/mol. The predicted molar refractivity (Wildman–Crippen MR) is 103 cm³/mol. The van der Waals surface area contributed by atoms with Gasteiger partial charge in [-0.15, -0.1) is 0 Å². The molecule has 0 aliphatic rings. The molecule has 0 fully saturated rings. The largest absolute Gasteiger partial charge is 0.305 e. The van der Waals surface area contributed by atoms with Gasteiger partial charge in [0.15, 0.2) is 9.84 Å². The lowest BCUT2D eigenvalue weighted by molar-refractivity contribution is 0.103. The van der Waals surface area contributed by atoms with Gasteiger partial charge in [-0.3, -0.25) is 4.79 Å². The van der Waals surface area contributed by atoms with Crippen LogP contribution in [-0.4, -0.2) is 24.9 Å². The predicted octanol–water partition coefficient (Wildman–Crippen LogP) is 3.60. The molecular weight excluding hydrogens is 360 g/mol. The lowest BCUT2D eigenvalue weighted by Gasteiger charge is -2.07. The van der Waals surface area contributed by atoms with Crippen molar-refractivity contribution in [3.63, 3.8) is 0 Å². The van der Waals surface area contributed by atoms with Crippen molar-refractivity contribution < 1.29 is 13.2 Å². The van der Waals surface area contributed by atoms with Crippen LogP contribution in [0.15, 0.2) is 71.6 Å². The van der Waals surface area contributed by atoms with Gasteiger partial charge < -0.3 is 4.40 Å². The number of carbonyl (C=O) groups is 1. The summed E-state index contributed by atoms with van der Waals surface area (Å²) >= 11 is 0. The molecule has 0 unspecified atom stereocenters. The first kappa shape index (κ1) is 17.0. The van der Waals surface area contributed by atoms with Crippen LogP contribution in [0.5, 0.6) is 0 Å². The molecule has 2 aromatic carbocycles. The average Bonchev–Trinajstić information content (AvgIpc) is 3.06. The normalized spacial score (nSPS) is 11.6. The molecule has 27 heavy (non-hydrogen) atoms. The molecule has 4 aromatic rings. The van der Waals surface area contributed by atoms with Crippen LogP contribution in [0.4, 0.5) is 0 Å². The number of benzene rings is 2. The van der Waals surface area contributed by atoms with Crippen LogP contribution >= 0.6 is 0 Å². The zero-order valence-corrected chi connectivity index (χ0v) is 15.2. The highest BCUT2D eigenvalue weighted by atomic mass is 32.2. The Balaban J connectivity index is 1.94. The summed E-state index contributed by atoms with van der Waals surface area (Å²) in [4.78, 5) is 13.3. The van der Waals surface area contributed by atoms with Crippen molar-refractivity contribution in [3.8, 4) is 6.07 Å². The molecule has 0 saturated carbocycles. The van der Waals surface area contributed by atoms with Crippen molar-refractivity contribution in [3.05, 3.63) is 83.6 Å². The molecular formula is C21H14N2O3S. The van der Waals surface area contributed by atoms with Crippen LogP contribution in [0.3, 0.4) is 0 Å². The van der Waals surface area contributed by atoms with Crippen LogP contribution < -0.4 is 0 Å². The fourth-order valence-electron chi connectivity index (χ4n) is 3.21. The number of rotatable bonds is 3. The average molecular weight is 374 g/mol. The molecule has 132 valence electrons. The van der Waals surface area contributed by atoms with E-state index in [4.69, 9.17) is 0 Å². The van der Waals surface area contributed by atoms with E-state index in [2.05, 4.69) is 6.07 Å².